The van der Waals surface area contributed by atoms with Gasteiger partial charge in [-0.15, -0.1) is 0 Å². The van der Waals surface area contributed by atoms with Crippen LogP contribution >= 0.6 is 0 Å². The zero-order valence-electron chi connectivity index (χ0n) is 18.6. The molecule has 1 N–H and O–H groups in total. The van der Waals surface area contributed by atoms with Crippen molar-refractivity contribution in [2.24, 2.45) is 0 Å². The van der Waals surface area contributed by atoms with Crippen LogP contribution < -0.4 is 14.8 Å². The van der Waals surface area contributed by atoms with Gasteiger partial charge in [-0.2, -0.15) is 5.10 Å². The summed E-state index contributed by atoms with van der Waals surface area (Å²) < 4.78 is 25.9. The highest BCUT2D eigenvalue weighted by Gasteiger charge is 2.19. The summed E-state index contributed by atoms with van der Waals surface area (Å²) in [6.07, 6.45) is 0.830. The van der Waals surface area contributed by atoms with Crippen molar-refractivity contribution in [3.05, 3.63) is 70.9 Å². The maximum Gasteiger partial charge on any atom is 0.231 e. The lowest BCUT2D eigenvalue weighted by Crippen LogP contribution is -2.14. The van der Waals surface area contributed by atoms with Crippen molar-refractivity contribution in [2.45, 2.75) is 33.6 Å². The highest BCUT2D eigenvalue weighted by atomic mass is 19.1. The van der Waals surface area contributed by atoms with E-state index in [0.29, 0.717) is 30.0 Å². The van der Waals surface area contributed by atoms with Gasteiger partial charge in [0.05, 0.1) is 5.69 Å². The van der Waals surface area contributed by atoms with Crippen molar-refractivity contribution in [3.63, 3.8) is 0 Å². The molecule has 1 aliphatic rings. The molecule has 0 radical (unpaired) electrons. The maximum absolute atomic E-state index is 13.4. The standard InChI is InChI=1S/C25H23FN4O3/c1-14-20(9-11-23(31)28-19-8-10-21-22(12-19)33-13-32-21)16(3)30-25(27-14)24(15(2)29-30)17-4-6-18(26)7-5-17/h4-8,10,12H,9,11,13H2,1-3H3,(H,28,31). The minimum atomic E-state index is -0.283. The Labute approximate surface area is 190 Å². The number of hydrogen-bond donors (Lipinski definition) is 1. The van der Waals surface area contributed by atoms with Crippen LogP contribution in [0.4, 0.5) is 10.1 Å². The van der Waals surface area contributed by atoms with Gasteiger partial charge in [0.2, 0.25) is 12.7 Å². The third-order valence-electron chi connectivity index (χ3n) is 5.89. The summed E-state index contributed by atoms with van der Waals surface area (Å²) in [4.78, 5) is 17.4. The van der Waals surface area contributed by atoms with Crippen LogP contribution in [0.5, 0.6) is 11.5 Å². The average Bonchev–Trinajstić information content (AvgIpc) is 3.38. The number of amides is 1. The molecule has 3 heterocycles. The molecule has 7 nitrogen and oxygen atoms in total. The molecule has 0 bridgehead atoms. The molecule has 33 heavy (non-hydrogen) atoms. The number of ether oxygens (including phenoxy) is 2. The number of hydrogen-bond acceptors (Lipinski definition) is 5. The van der Waals surface area contributed by atoms with Gasteiger partial charge in [0.15, 0.2) is 17.1 Å². The highest BCUT2D eigenvalue weighted by Crippen LogP contribution is 2.34. The highest BCUT2D eigenvalue weighted by molar-refractivity contribution is 5.91. The van der Waals surface area contributed by atoms with Crippen molar-refractivity contribution >= 4 is 17.2 Å². The second-order valence-corrected chi connectivity index (χ2v) is 8.08. The zero-order chi connectivity index (χ0) is 23.1. The first-order valence-electron chi connectivity index (χ1n) is 10.7. The number of rotatable bonds is 5. The quantitative estimate of drug-likeness (QED) is 0.478. The van der Waals surface area contributed by atoms with Crippen LogP contribution in [0.15, 0.2) is 42.5 Å². The van der Waals surface area contributed by atoms with Crippen molar-refractivity contribution in [3.8, 4) is 22.6 Å². The van der Waals surface area contributed by atoms with E-state index in [0.717, 1.165) is 39.4 Å². The number of anilines is 1. The Kier molecular flexibility index (Phi) is 5.20. The number of fused-ring (bicyclic) bond motifs is 2. The average molecular weight is 446 g/mol. The number of nitrogens with zero attached hydrogens (tertiary/aromatic N) is 3. The molecule has 2 aromatic heterocycles. The fourth-order valence-electron chi connectivity index (χ4n) is 4.22. The summed E-state index contributed by atoms with van der Waals surface area (Å²) in [5, 5.41) is 7.58. The minimum Gasteiger partial charge on any atom is -0.454 e. The van der Waals surface area contributed by atoms with Gasteiger partial charge < -0.3 is 14.8 Å². The number of benzene rings is 2. The fraction of sp³-hybridized carbons (Fsp3) is 0.240. The van der Waals surface area contributed by atoms with E-state index < -0.39 is 0 Å². The van der Waals surface area contributed by atoms with Crippen LogP contribution in [-0.4, -0.2) is 27.3 Å². The van der Waals surface area contributed by atoms with Crippen LogP contribution in [0.1, 0.15) is 29.1 Å². The smallest absolute Gasteiger partial charge is 0.231 e. The fourth-order valence-corrected chi connectivity index (χ4v) is 4.22. The van der Waals surface area contributed by atoms with Crippen LogP contribution in [0.3, 0.4) is 0 Å². The second-order valence-electron chi connectivity index (χ2n) is 8.08. The van der Waals surface area contributed by atoms with Gasteiger partial charge in [-0.05, 0) is 62.6 Å². The summed E-state index contributed by atoms with van der Waals surface area (Å²) in [6, 6.07) is 11.7. The Morgan fingerprint density at radius 2 is 1.82 bits per heavy atom. The summed E-state index contributed by atoms with van der Waals surface area (Å²) in [5.41, 5.74) is 6.72. The third-order valence-corrected chi connectivity index (χ3v) is 5.89. The SMILES string of the molecule is Cc1nc2c(-c3ccc(F)cc3)c(C)nn2c(C)c1CCC(=O)Nc1ccc2c(c1)OCO2. The largest absolute Gasteiger partial charge is 0.454 e. The number of nitrogens with one attached hydrogen (secondary N) is 1. The molecule has 0 saturated carbocycles. The van der Waals surface area contributed by atoms with Crippen molar-refractivity contribution in [1.82, 2.24) is 14.6 Å². The van der Waals surface area contributed by atoms with E-state index in [4.69, 9.17) is 14.5 Å². The van der Waals surface area contributed by atoms with Crippen molar-refractivity contribution < 1.29 is 18.7 Å². The molecule has 4 aromatic rings. The predicted octanol–water partition coefficient (Wildman–Crippen LogP) is 4.76. The molecule has 0 spiro atoms. The van der Waals surface area contributed by atoms with E-state index in [2.05, 4.69) is 10.4 Å². The van der Waals surface area contributed by atoms with E-state index in [1.165, 1.54) is 12.1 Å². The minimum absolute atomic E-state index is 0.101. The number of carbonyl (C=O) groups is 1. The number of aromatic nitrogens is 3. The molecule has 8 heteroatoms. The predicted molar refractivity (Wildman–Crippen MR) is 122 cm³/mol. The monoisotopic (exact) mass is 446 g/mol. The zero-order valence-corrected chi connectivity index (χ0v) is 18.6. The van der Waals surface area contributed by atoms with Crippen molar-refractivity contribution in [2.75, 3.05) is 12.1 Å². The number of halogens is 1. The van der Waals surface area contributed by atoms with Gasteiger partial charge in [0.1, 0.15) is 5.82 Å². The van der Waals surface area contributed by atoms with Gasteiger partial charge in [-0.25, -0.2) is 13.9 Å². The van der Waals surface area contributed by atoms with Gasteiger partial charge in [0.25, 0.3) is 0 Å². The molecular weight excluding hydrogens is 423 g/mol. The molecule has 168 valence electrons. The Balaban J connectivity index is 1.37. The molecule has 2 aromatic carbocycles. The molecule has 0 aliphatic carbocycles. The van der Waals surface area contributed by atoms with E-state index in [9.17, 15) is 9.18 Å². The number of carbonyl (C=O) groups excluding carboxylic acids is 1. The summed E-state index contributed by atoms with van der Waals surface area (Å²) in [6.45, 7) is 6.03. The molecule has 0 unspecified atom stereocenters. The molecule has 1 amide bonds. The second kappa shape index (κ2) is 8.20. The lowest BCUT2D eigenvalue weighted by molar-refractivity contribution is -0.116. The topological polar surface area (TPSA) is 77.8 Å². The number of aryl methyl sites for hydroxylation is 3. The molecular formula is C25H23FN4O3. The maximum atomic E-state index is 13.4. The van der Waals surface area contributed by atoms with Gasteiger partial charge in [0, 0.05) is 35.1 Å². The first-order valence-corrected chi connectivity index (χ1v) is 10.7. The summed E-state index contributed by atoms with van der Waals surface area (Å²) >= 11 is 0. The van der Waals surface area contributed by atoms with Crippen LogP contribution in [0.25, 0.3) is 16.8 Å². The summed E-state index contributed by atoms with van der Waals surface area (Å²) in [5.74, 6) is 0.916. The Morgan fingerprint density at radius 3 is 2.61 bits per heavy atom. The Morgan fingerprint density at radius 1 is 1.06 bits per heavy atom. The van der Waals surface area contributed by atoms with Gasteiger partial charge >= 0.3 is 0 Å². The molecule has 0 atom stereocenters. The Bertz CT molecular complexity index is 1380. The van der Waals surface area contributed by atoms with E-state index in [1.807, 2.05) is 25.3 Å². The van der Waals surface area contributed by atoms with Gasteiger partial charge in [-0.3, -0.25) is 4.79 Å². The molecule has 0 saturated heterocycles. The van der Waals surface area contributed by atoms with E-state index in [1.54, 1.807) is 30.3 Å². The molecule has 1 aliphatic heterocycles. The summed E-state index contributed by atoms with van der Waals surface area (Å²) in [7, 11) is 0. The lowest BCUT2D eigenvalue weighted by Gasteiger charge is -2.12. The normalized spacial score (nSPS) is 12.4. The van der Waals surface area contributed by atoms with E-state index in [-0.39, 0.29) is 18.5 Å². The first-order chi connectivity index (χ1) is 15.9. The van der Waals surface area contributed by atoms with E-state index >= 15 is 0 Å². The first kappa shape index (κ1) is 20.9. The lowest BCUT2D eigenvalue weighted by atomic mass is 10.0. The Hall–Kier alpha value is -3.94. The molecule has 5 rings (SSSR count). The van der Waals surface area contributed by atoms with Crippen LogP contribution in [-0.2, 0) is 11.2 Å². The third kappa shape index (κ3) is 3.88. The van der Waals surface area contributed by atoms with Gasteiger partial charge in [-0.1, -0.05) is 12.1 Å². The van der Waals surface area contributed by atoms with Crippen molar-refractivity contribution in [1.29, 1.82) is 0 Å². The molecule has 0 fully saturated rings. The van der Waals surface area contributed by atoms with Crippen LogP contribution in [0, 0.1) is 26.6 Å². The van der Waals surface area contributed by atoms with Crippen LogP contribution in [0.2, 0.25) is 0 Å².